The highest BCUT2D eigenvalue weighted by Gasteiger charge is 2.64. The molecule has 0 spiro atoms. The highest BCUT2D eigenvalue weighted by Crippen LogP contribution is 2.70. The lowest BCUT2D eigenvalue weighted by Gasteiger charge is -2.51. The van der Waals surface area contributed by atoms with E-state index < -0.39 is 10.8 Å². The van der Waals surface area contributed by atoms with Gasteiger partial charge in [0.15, 0.2) is 11.2 Å². The zero-order valence-electron chi connectivity index (χ0n) is 52.0. The molecule has 0 saturated carbocycles. The number of hydrogen-bond donors (Lipinski definition) is 0. The van der Waals surface area contributed by atoms with Crippen molar-refractivity contribution >= 4 is 83.6 Å². The van der Waals surface area contributed by atoms with Crippen LogP contribution >= 0.6 is 0 Å². The topological polar surface area (TPSA) is 32.8 Å². The molecule has 2 heterocycles. The molecule has 2 atom stereocenters. The fourth-order valence-corrected chi connectivity index (χ4v) is 16.0. The highest BCUT2D eigenvalue weighted by atomic mass is 16.3. The SMILES string of the molecule is C=C(C)/C(=C\C=C/C)c1ccccc1N(c1ccc2c(c1)C(c1ccccc1)(C1(c3ccccc3)c3ccccc3-c3ccc(N(c4ccccc4-c4cccc(C)c4)c4cccc5c4oc4ccccc45)cc31)c1ccccc1-2)c1cccc2c1oc1ccccc12. The van der Waals surface area contributed by atoms with Crippen LogP contribution in [0.4, 0.5) is 34.1 Å². The second-order valence-electron chi connectivity index (χ2n) is 24.7. The fraction of sp³-hybridized carbons (Fsp3) is 0.0562. The predicted molar refractivity (Wildman–Crippen MR) is 388 cm³/mol. The highest BCUT2D eigenvalue weighted by molar-refractivity contribution is 6.13. The number of allylic oxidation sites excluding steroid dienone is 5. The van der Waals surface area contributed by atoms with Crippen molar-refractivity contribution in [3.05, 3.63) is 378 Å². The van der Waals surface area contributed by atoms with Crippen LogP contribution in [0.25, 0.3) is 82.8 Å². The Morgan fingerprint density at radius 2 is 0.806 bits per heavy atom. The molecule has 17 rings (SSSR count). The Bertz CT molecular complexity index is 5550. The number of hydrogen-bond acceptors (Lipinski definition) is 4. The van der Waals surface area contributed by atoms with Crippen LogP contribution in [-0.4, -0.2) is 0 Å². The minimum atomic E-state index is -0.966. The van der Waals surface area contributed by atoms with Crippen LogP contribution in [0.15, 0.2) is 343 Å². The van der Waals surface area contributed by atoms with Crippen LogP contribution in [0.3, 0.4) is 0 Å². The molecule has 93 heavy (non-hydrogen) atoms. The lowest BCUT2D eigenvalue weighted by molar-refractivity contribution is 0.437. The molecule has 0 aliphatic heterocycles. The molecule has 13 aromatic carbocycles. The van der Waals surface area contributed by atoms with Gasteiger partial charge in [-0.1, -0.05) is 279 Å². The number of aryl methyl sites for hydroxylation is 1. The molecule has 0 saturated heterocycles. The van der Waals surface area contributed by atoms with Gasteiger partial charge in [0.1, 0.15) is 11.2 Å². The van der Waals surface area contributed by atoms with E-state index in [4.69, 9.17) is 8.83 Å². The Balaban J connectivity index is 1.01. The maximum absolute atomic E-state index is 7.08. The quantitative estimate of drug-likeness (QED) is 0.108. The van der Waals surface area contributed by atoms with E-state index >= 15 is 0 Å². The molecule has 0 amide bonds. The van der Waals surface area contributed by atoms with Crippen molar-refractivity contribution in [2.45, 2.75) is 31.6 Å². The lowest BCUT2D eigenvalue weighted by Crippen LogP contribution is -2.50. The third kappa shape index (κ3) is 8.31. The van der Waals surface area contributed by atoms with E-state index in [1.54, 1.807) is 0 Å². The molecule has 15 aromatic rings. The molecule has 2 aromatic heterocycles. The van der Waals surface area contributed by atoms with Crippen molar-refractivity contribution in [3.8, 4) is 33.4 Å². The molecule has 4 nitrogen and oxygen atoms in total. The fourth-order valence-electron chi connectivity index (χ4n) is 16.0. The largest absolute Gasteiger partial charge is 0.454 e. The van der Waals surface area contributed by atoms with Gasteiger partial charge in [-0.25, -0.2) is 0 Å². The molecule has 2 aliphatic carbocycles. The Morgan fingerprint density at radius 1 is 0.376 bits per heavy atom. The van der Waals surface area contributed by atoms with Gasteiger partial charge in [-0.2, -0.15) is 0 Å². The molecular weight excluding hydrogens is 1130 g/mol. The maximum Gasteiger partial charge on any atom is 0.159 e. The normalized spacial score (nSPS) is 15.6. The third-order valence-electron chi connectivity index (χ3n) is 19.6. The number of rotatable bonds is 13. The van der Waals surface area contributed by atoms with E-state index in [0.717, 1.165) is 106 Å². The number of fused-ring (bicyclic) bond motifs is 12. The van der Waals surface area contributed by atoms with E-state index in [0.29, 0.717) is 0 Å². The van der Waals surface area contributed by atoms with E-state index in [1.807, 2.05) is 0 Å². The van der Waals surface area contributed by atoms with E-state index in [9.17, 15) is 0 Å². The average Bonchev–Trinajstić information content (AvgIpc) is 1.50. The second kappa shape index (κ2) is 22.0. The first-order chi connectivity index (χ1) is 45.9. The summed E-state index contributed by atoms with van der Waals surface area (Å²) in [6.45, 7) is 10.9. The van der Waals surface area contributed by atoms with Crippen molar-refractivity contribution in [2.24, 2.45) is 0 Å². The number of furan rings is 2. The van der Waals surface area contributed by atoms with Crippen LogP contribution in [0.2, 0.25) is 0 Å². The number of nitrogens with zero attached hydrogens (tertiary/aromatic N) is 2. The van der Waals surface area contributed by atoms with Gasteiger partial charge in [0.2, 0.25) is 0 Å². The Kier molecular flexibility index (Phi) is 13.1. The summed E-state index contributed by atoms with van der Waals surface area (Å²) in [4.78, 5) is 4.90. The van der Waals surface area contributed by atoms with Gasteiger partial charge < -0.3 is 18.6 Å². The molecule has 0 fully saturated rings. The van der Waals surface area contributed by atoms with E-state index in [-0.39, 0.29) is 0 Å². The summed E-state index contributed by atoms with van der Waals surface area (Å²) in [5, 5.41) is 4.26. The molecule has 0 radical (unpaired) electrons. The third-order valence-corrected chi connectivity index (χ3v) is 19.6. The summed E-state index contributed by atoms with van der Waals surface area (Å²) >= 11 is 0. The van der Waals surface area contributed by atoms with Crippen molar-refractivity contribution in [2.75, 3.05) is 9.80 Å². The van der Waals surface area contributed by atoms with E-state index in [1.165, 1.54) is 61.2 Å². The first-order valence-corrected chi connectivity index (χ1v) is 32.1. The van der Waals surface area contributed by atoms with Gasteiger partial charge in [-0.05, 0) is 148 Å². The van der Waals surface area contributed by atoms with Gasteiger partial charge in [-0.3, -0.25) is 0 Å². The molecule has 2 unspecified atom stereocenters. The Labute approximate surface area is 542 Å². The van der Waals surface area contributed by atoms with Gasteiger partial charge in [0, 0.05) is 44.0 Å². The minimum absolute atomic E-state index is 0.805. The van der Waals surface area contributed by atoms with Crippen LogP contribution < -0.4 is 9.80 Å². The van der Waals surface area contributed by atoms with Gasteiger partial charge in [0.05, 0.1) is 33.6 Å². The summed E-state index contributed by atoms with van der Waals surface area (Å²) < 4.78 is 14.2. The summed E-state index contributed by atoms with van der Waals surface area (Å²) in [5.41, 5.74) is 25.6. The van der Waals surface area contributed by atoms with Gasteiger partial charge >= 0.3 is 0 Å². The Morgan fingerprint density at radius 3 is 1.34 bits per heavy atom. The second-order valence-corrected chi connectivity index (χ2v) is 24.7. The smallest absolute Gasteiger partial charge is 0.159 e. The average molecular weight is 1190 g/mol. The van der Waals surface area contributed by atoms with Gasteiger partial charge in [0.25, 0.3) is 0 Å². The zero-order chi connectivity index (χ0) is 62.4. The Hall–Kier alpha value is -11.7. The van der Waals surface area contributed by atoms with Crippen LogP contribution in [0, 0.1) is 6.92 Å². The van der Waals surface area contributed by atoms with Gasteiger partial charge in [-0.15, -0.1) is 0 Å². The van der Waals surface area contributed by atoms with Crippen LogP contribution in [0.5, 0.6) is 0 Å². The summed E-state index contributed by atoms with van der Waals surface area (Å²) in [6.07, 6.45) is 6.37. The molecular formula is C89H64N2O2. The van der Waals surface area contributed by atoms with Crippen molar-refractivity contribution in [3.63, 3.8) is 0 Å². The molecule has 0 bridgehead atoms. The van der Waals surface area contributed by atoms with Crippen molar-refractivity contribution < 1.29 is 8.83 Å². The van der Waals surface area contributed by atoms with E-state index in [2.05, 4.69) is 359 Å². The van der Waals surface area contributed by atoms with Crippen molar-refractivity contribution in [1.82, 2.24) is 0 Å². The first-order valence-electron chi connectivity index (χ1n) is 32.1. The maximum atomic E-state index is 7.08. The van der Waals surface area contributed by atoms with Crippen molar-refractivity contribution in [1.29, 1.82) is 0 Å². The lowest BCUT2D eigenvalue weighted by atomic mass is 9.49. The molecule has 0 N–H and O–H groups in total. The molecule has 2 aliphatic rings. The molecule has 442 valence electrons. The molecule has 4 heteroatoms. The van der Waals surface area contributed by atoms with Crippen LogP contribution in [0.1, 0.15) is 58.4 Å². The predicted octanol–water partition coefficient (Wildman–Crippen LogP) is 24.3. The monoisotopic (exact) mass is 1190 g/mol. The number of anilines is 6. The summed E-state index contributed by atoms with van der Waals surface area (Å²) in [5.74, 6) is 0. The minimum Gasteiger partial charge on any atom is -0.454 e. The number of benzene rings is 13. The zero-order valence-corrected chi connectivity index (χ0v) is 52.0. The standard InChI is InChI=1S/C89H64N2O2/c1-5-6-34-65(58(2)3)71-38-16-22-46-81(71)91(83-48-27-42-75-73-40-18-24-50-85(73)93-87(75)83)64-52-54-70-68-37-14-20-44-77(68)89(79(70)57-64,62-32-11-8-12-33-62)88(61-30-9-7-10-31-61)76-43-19-13-36-67(76)69-53-51-63(56-78(69)88)90(80-45-21-15-35-66(80)60-29-25-28-59(4)55-60)82-47-26-41-74-72-39-17-23-49-84(72)92-86(74)82/h5-57H,2H2,1,3-4H3/b6-5-,65-34+. The number of para-hydroxylation sites is 6. The first kappa shape index (κ1) is 55.4. The van der Waals surface area contributed by atoms with Crippen LogP contribution in [-0.2, 0) is 10.8 Å². The summed E-state index contributed by atoms with van der Waals surface area (Å²) in [7, 11) is 0. The summed E-state index contributed by atoms with van der Waals surface area (Å²) in [6, 6.07) is 112.